The van der Waals surface area contributed by atoms with Gasteiger partial charge in [-0.15, -0.1) is 0 Å². The van der Waals surface area contributed by atoms with Crippen molar-refractivity contribution in [3.05, 3.63) is 22.7 Å². The third-order valence-electron chi connectivity index (χ3n) is 3.23. The Morgan fingerprint density at radius 2 is 1.96 bits per heavy atom. The number of methoxy groups -OCH3 is 2. The summed E-state index contributed by atoms with van der Waals surface area (Å²) in [7, 11) is 3.11. The molecular formula is C17H26ClNO4. The fourth-order valence-electron chi connectivity index (χ4n) is 1.99. The number of hydrogen-bond donors (Lipinski definition) is 1. The number of nitrogens with one attached hydrogen (secondary N) is 1. The fraction of sp³-hybridized carbons (Fsp3) is 0.588. The van der Waals surface area contributed by atoms with Crippen LogP contribution < -0.4 is 14.8 Å². The third kappa shape index (κ3) is 6.28. The van der Waals surface area contributed by atoms with Gasteiger partial charge in [-0.05, 0) is 31.4 Å². The molecule has 130 valence electrons. The molecule has 1 aromatic carbocycles. The van der Waals surface area contributed by atoms with Crippen molar-refractivity contribution in [2.45, 2.75) is 33.2 Å². The molecule has 0 bridgehead atoms. The summed E-state index contributed by atoms with van der Waals surface area (Å²) in [6, 6.07) is 3.12. The van der Waals surface area contributed by atoms with Crippen LogP contribution in [0.25, 0.3) is 0 Å². The lowest BCUT2D eigenvalue weighted by molar-refractivity contribution is 0.0905. The molecule has 0 aliphatic rings. The summed E-state index contributed by atoms with van der Waals surface area (Å²) in [5.41, 5.74) is 0.422. The molecule has 0 heterocycles. The van der Waals surface area contributed by atoms with Gasteiger partial charge in [-0.25, -0.2) is 0 Å². The zero-order chi connectivity index (χ0) is 17.4. The molecule has 5 nitrogen and oxygen atoms in total. The third-order valence-corrected chi connectivity index (χ3v) is 3.51. The van der Waals surface area contributed by atoms with E-state index in [0.29, 0.717) is 41.2 Å². The minimum Gasteiger partial charge on any atom is -0.493 e. The monoisotopic (exact) mass is 343 g/mol. The smallest absolute Gasteiger partial charge is 0.251 e. The van der Waals surface area contributed by atoms with Gasteiger partial charge in [-0.1, -0.05) is 25.4 Å². The Balaban J connectivity index is 2.88. The number of benzene rings is 1. The van der Waals surface area contributed by atoms with Crippen LogP contribution >= 0.6 is 11.6 Å². The molecule has 1 atom stereocenters. The molecule has 0 aliphatic carbocycles. The summed E-state index contributed by atoms with van der Waals surface area (Å²) in [6.07, 6.45) is 0.913. The van der Waals surface area contributed by atoms with Crippen LogP contribution in [0, 0.1) is 5.92 Å². The second-order valence-electron chi connectivity index (χ2n) is 5.85. The first-order valence-electron chi connectivity index (χ1n) is 7.69. The van der Waals surface area contributed by atoms with E-state index < -0.39 is 0 Å². The molecule has 0 aliphatic heterocycles. The molecular weight excluding hydrogens is 318 g/mol. The first-order chi connectivity index (χ1) is 10.9. The minimum atomic E-state index is -0.233. The largest absolute Gasteiger partial charge is 0.493 e. The minimum absolute atomic E-state index is 0.0979. The maximum atomic E-state index is 12.2. The molecule has 0 saturated heterocycles. The quantitative estimate of drug-likeness (QED) is 0.745. The number of hydrogen-bond acceptors (Lipinski definition) is 4. The van der Waals surface area contributed by atoms with Crippen molar-refractivity contribution < 1.29 is 19.0 Å². The molecule has 1 unspecified atom stereocenters. The van der Waals surface area contributed by atoms with E-state index in [4.69, 9.17) is 25.8 Å². The van der Waals surface area contributed by atoms with Crippen molar-refractivity contribution in [2.75, 3.05) is 27.4 Å². The van der Waals surface area contributed by atoms with E-state index in [-0.39, 0.29) is 11.9 Å². The molecule has 0 radical (unpaired) electrons. The van der Waals surface area contributed by atoms with Gasteiger partial charge < -0.3 is 19.5 Å². The maximum Gasteiger partial charge on any atom is 0.251 e. The Hall–Kier alpha value is -1.46. The van der Waals surface area contributed by atoms with Crippen LogP contribution in [0.15, 0.2) is 12.1 Å². The summed E-state index contributed by atoms with van der Waals surface area (Å²) in [6.45, 7) is 7.09. The number of ether oxygens (including phenoxy) is 3. The summed E-state index contributed by atoms with van der Waals surface area (Å²) in [5, 5.41) is 3.19. The molecule has 1 amide bonds. The van der Waals surface area contributed by atoms with Crippen LogP contribution in [0.3, 0.4) is 0 Å². The Morgan fingerprint density at radius 3 is 2.52 bits per heavy atom. The second-order valence-corrected chi connectivity index (χ2v) is 6.26. The lowest BCUT2D eigenvalue weighted by Gasteiger charge is -2.16. The predicted molar refractivity (Wildman–Crippen MR) is 91.8 cm³/mol. The van der Waals surface area contributed by atoms with Gasteiger partial charge in [-0.3, -0.25) is 4.79 Å². The zero-order valence-electron chi connectivity index (χ0n) is 14.4. The molecule has 1 N–H and O–H groups in total. The van der Waals surface area contributed by atoms with Gasteiger partial charge >= 0.3 is 0 Å². The van der Waals surface area contributed by atoms with Crippen LogP contribution in [0.2, 0.25) is 5.02 Å². The molecule has 0 saturated carbocycles. The van der Waals surface area contributed by atoms with E-state index in [0.717, 1.165) is 6.42 Å². The molecule has 0 aromatic heterocycles. The van der Waals surface area contributed by atoms with E-state index >= 15 is 0 Å². The van der Waals surface area contributed by atoms with E-state index in [1.54, 1.807) is 19.2 Å². The fourth-order valence-corrected chi connectivity index (χ4v) is 2.25. The number of carbonyl (C=O) groups is 1. The van der Waals surface area contributed by atoms with Gasteiger partial charge in [0.2, 0.25) is 0 Å². The first kappa shape index (κ1) is 19.6. The molecule has 6 heteroatoms. The second kappa shape index (κ2) is 9.63. The Bertz CT molecular complexity index is 520. The molecule has 23 heavy (non-hydrogen) atoms. The van der Waals surface area contributed by atoms with Gasteiger partial charge in [0.15, 0.2) is 11.5 Å². The highest BCUT2D eigenvalue weighted by Gasteiger charge is 2.17. The Labute approximate surface area is 143 Å². The first-order valence-corrected chi connectivity index (χ1v) is 8.07. The van der Waals surface area contributed by atoms with E-state index in [1.807, 2.05) is 6.92 Å². The summed E-state index contributed by atoms with van der Waals surface area (Å²) in [4.78, 5) is 12.2. The highest BCUT2D eigenvalue weighted by molar-refractivity contribution is 6.32. The molecule has 1 aromatic rings. The average molecular weight is 344 g/mol. The highest BCUT2D eigenvalue weighted by Crippen LogP contribution is 2.36. The zero-order valence-corrected chi connectivity index (χ0v) is 15.2. The van der Waals surface area contributed by atoms with Crippen molar-refractivity contribution in [2.24, 2.45) is 5.92 Å². The van der Waals surface area contributed by atoms with Gasteiger partial charge in [0, 0.05) is 18.7 Å². The van der Waals surface area contributed by atoms with Crippen LogP contribution in [-0.4, -0.2) is 39.4 Å². The van der Waals surface area contributed by atoms with E-state index in [9.17, 15) is 4.79 Å². The topological polar surface area (TPSA) is 56.8 Å². The van der Waals surface area contributed by atoms with Crippen LogP contribution in [0.1, 0.15) is 37.6 Å². The lowest BCUT2D eigenvalue weighted by atomic mass is 10.1. The van der Waals surface area contributed by atoms with Crippen molar-refractivity contribution in [1.29, 1.82) is 0 Å². The maximum absolute atomic E-state index is 12.2. The SMILES string of the molecule is COCC(C)NC(=O)c1cc(Cl)c(OCCC(C)C)c(OC)c1. The van der Waals surface area contributed by atoms with Gasteiger partial charge in [-0.2, -0.15) is 0 Å². The summed E-state index contributed by atoms with van der Waals surface area (Å²) in [5.74, 6) is 1.22. The van der Waals surface area contributed by atoms with Crippen LogP contribution in [0.4, 0.5) is 0 Å². The van der Waals surface area contributed by atoms with Gasteiger partial charge in [0.05, 0.1) is 25.3 Å². The van der Waals surface area contributed by atoms with Crippen LogP contribution in [0.5, 0.6) is 11.5 Å². The van der Waals surface area contributed by atoms with Crippen molar-refractivity contribution in [1.82, 2.24) is 5.32 Å². The number of carbonyl (C=O) groups excluding carboxylic acids is 1. The van der Waals surface area contributed by atoms with E-state index in [1.165, 1.54) is 7.11 Å². The Morgan fingerprint density at radius 1 is 1.26 bits per heavy atom. The van der Waals surface area contributed by atoms with E-state index in [2.05, 4.69) is 19.2 Å². The molecule has 0 fully saturated rings. The van der Waals surface area contributed by atoms with Gasteiger partial charge in [0.1, 0.15) is 0 Å². The number of rotatable bonds is 9. The van der Waals surface area contributed by atoms with Crippen molar-refractivity contribution >= 4 is 17.5 Å². The Kier molecular flexibility index (Phi) is 8.20. The molecule has 0 spiro atoms. The van der Waals surface area contributed by atoms with Crippen molar-refractivity contribution in [3.63, 3.8) is 0 Å². The average Bonchev–Trinajstić information content (AvgIpc) is 2.48. The summed E-state index contributed by atoms with van der Waals surface area (Å²) >= 11 is 6.26. The number of halogens is 1. The lowest BCUT2D eigenvalue weighted by Crippen LogP contribution is -2.35. The van der Waals surface area contributed by atoms with Crippen molar-refractivity contribution in [3.8, 4) is 11.5 Å². The predicted octanol–water partition coefficient (Wildman–Crippen LogP) is 3.54. The number of amides is 1. The molecule has 1 rings (SSSR count). The van der Waals surface area contributed by atoms with Gasteiger partial charge in [0.25, 0.3) is 5.91 Å². The summed E-state index contributed by atoms with van der Waals surface area (Å²) < 4.78 is 16.0. The highest BCUT2D eigenvalue weighted by atomic mass is 35.5. The van der Waals surface area contributed by atoms with Crippen LogP contribution in [-0.2, 0) is 4.74 Å². The standard InChI is InChI=1S/C17H26ClNO4/c1-11(2)6-7-23-16-14(18)8-13(9-15(16)22-5)17(20)19-12(3)10-21-4/h8-9,11-12H,6-7,10H2,1-5H3,(H,19,20). The normalized spacial score (nSPS) is 12.1.